The van der Waals surface area contributed by atoms with Crippen LogP contribution in [0.4, 0.5) is 0 Å². The van der Waals surface area contributed by atoms with E-state index in [4.69, 9.17) is 4.99 Å². The number of nitrogens with one attached hydrogen (secondary N) is 1. The maximum absolute atomic E-state index is 12.0. The van der Waals surface area contributed by atoms with Crippen LogP contribution in [0.25, 0.3) is 0 Å². The molecule has 1 saturated heterocycles. The van der Waals surface area contributed by atoms with E-state index in [9.17, 15) is 4.79 Å². The molecule has 0 aromatic heterocycles. The second kappa shape index (κ2) is 10.5. The van der Waals surface area contributed by atoms with Crippen LogP contribution in [-0.2, 0) is 11.3 Å². The van der Waals surface area contributed by atoms with E-state index in [0.29, 0.717) is 6.54 Å². The molecule has 3 rings (SSSR count). The highest BCUT2D eigenvalue weighted by Gasteiger charge is 2.26. The molecule has 6 heteroatoms. The van der Waals surface area contributed by atoms with E-state index in [2.05, 4.69) is 27.2 Å². The zero-order valence-corrected chi connectivity index (χ0v) is 17.4. The maximum atomic E-state index is 12.0. The van der Waals surface area contributed by atoms with Gasteiger partial charge in [0.05, 0.1) is 13.1 Å². The monoisotopic (exact) mass is 385 g/mol. The Morgan fingerprint density at radius 3 is 2.39 bits per heavy atom. The standard InChI is InChI=1S/C22H35N5O/c1-25(2)21(28)18-24-22(23-17-19-9-5-3-6-10-19)27-15-13-26(14-16-27)20-11-7-4-8-12-20/h3,5-6,9-10,20H,4,7-8,11-18H2,1-2H3,(H,23,24). The molecule has 2 fully saturated rings. The molecular formula is C22H35N5O. The van der Waals surface area contributed by atoms with Crippen molar-refractivity contribution in [2.45, 2.75) is 44.7 Å². The van der Waals surface area contributed by atoms with Crippen LogP contribution in [0.1, 0.15) is 37.7 Å². The van der Waals surface area contributed by atoms with Gasteiger partial charge in [0.2, 0.25) is 5.91 Å². The first kappa shape index (κ1) is 20.6. The number of rotatable bonds is 5. The molecule has 1 aromatic rings. The van der Waals surface area contributed by atoms with Gasteiger partial charge in [-0.1, -0.05) is 49.6 Å². The van der Waals surface area contributed by atoms with E-state index < -0.39 is 0 Å². The number of carbonyl (C=O) groups is 1. The number of hydrogen-bond acceptors (Lipinski definition) is 3. The van der Waals surface area contributed by atoms with Gasteiger partial charge < -0.3 is 15.1 Å². The average molecular weight is 386 g/mol. The van der Waals surface area contributed by atoms with Gasteiger partial charge in [-0.05, 0) is 18.4 Å². The third-order valence-electron chi connectivity index (χ3n) is 5.86. The second-order valence-electron chi connectivity index (χ2n) is 8.08. The summed E-state index contributed by atoms with van der Waals surface area (Å²) < 4.78 is 0. The molecule has 1 saturated carbocycles. The molecule has 1 aromatic carbocycles. The van der Waals surface area contributed by atoms with E-state index in [0.717, 1.165) is 38.2 Å². The zero-order valence-electron chi connectivity index (χ0n) is 17.4. The largest absolute Gasteiger partial charge is 0.347 e. The Bertz CT molecular complexity index is 632. The number of benzene rings is 1. The molecule has 1 aliphatic carbocycles. The molecule has 1 aliphatic heterocycles. The molecule has 0 atom stereocenters. The van der Waals surface area contributed by atoms with Gasteiger partial charge in [-0.3, -0.25) is 9.69 Å². The summed E-state index contributed by atoms with van der Waals surface area (Å²) in [6.07, 6.45) is 6.86. The Morgan fingerprint density at radius 2 is 1.75 bits per heavy atom. The van der Waals surface area contributed by atoms with Crippen molar-refractivity contribution in [3.05, 3.63) is 35.9 Å². The third-order valence-corrected chi connectivity index (χ3v) is 5.86. The Hall–Kier alpha value is -2.08. The van der Waals surface area contributed by atoms with Crippen molar-refractivity contribution in [2.24, 2.45) is 4.99 Å². The minimum Gasteiger partial charge on any atom is -0.347 e. The fourth-order valence-electron chi connectivity index (χ4n) is 4.08. The van der Waals surface area contributed by atoms with Crippen LogP contribution in [0.2, 0.25) is 0 Å². The van der Waals surface area contributed by atoms with Gasteiger partial charge in [0, 0.05) is 46.3 Å². The van der Waals surface area contributed by atoms with Crippen molar-refractivity contribution < 1.29 is 4.79 Å². The first-order valence-corrected chi connectivity index (χ1v) is 10.6. The normalized spacial score (nSPS) is 19.5. The molecular weight excluding hydrogens is 350 g/mol. The second-order valence-corrected chi connectivity index (χ2v) is 8.08. The number of carbonyl (C=O) groups excluding carboxylic acids is 1. The topological polar surface area (TPSA) is 51.2 Å². The van der Waals surface area contributed by atoms with Gasteiger partial charge in [0.25, 0.3) is 0 Å². The van der Waals surface area contributed by atoms with E-state index in [1.807, 2.05) is 18.2 Å². The molecule has 28 heavy (non-hydrogen) atoms. The molecule has 1 amide bonds. The summed E-state index contributed by atoms with van der Waals surface area (Å²) in [6, 6.07) is 11.0. The number of hydrogen-bond donors (Lipinski definition) is 1. The van der Waals surface area contributed by atoms with Crippen LogP contribution in [-0.4, -0.2) is 79.4 Å². The van der Waals surface area contributed by atoms with Gasteiger partial charge in [0.1, 0.15) is 0 Å². The van der Waals surface area contributed by atoms with Gasteiger partial charge in [-0.25, -0.2) is 4.99 Å². The highest BCUT2D eigenvalue weighted by atomic mass is 16.2. The number of amides is 1. The molecule has 0 spiro atoms. The van der Waals surface area contributed by atoms with Crippen LogP contribution in [0.3, 0.4) is 0 Å². The lowest BCUT2D eigenvalue weighted by Crippen LogP contribution is -2.55. The van der Waals surface area contributed by atoms with Gasteiger partial charge in [0.15, 0.2) is 5.96 Å². The Labute approximate surface area is 169 Å². The predicted molar refractivity (Wildman–Crippen MR) is 114 cm³/mol. The van der Waals surface area contributed by atoms with E-state index in [1.165, 1.54) is 37.7 Å². The molecule has 1 heterocycles. The van der Waals surface area contributed by atoms with E-state index in [-0.39, 0.29) is 12.5 Å². The van der Waals surface area contributed by atoms with E-state index >= 15 is 0 Å². The van der Waals surface area contributed by atoms with Crippen LogP contribution in [0.15, 0.2) is 35.3 Å². The summed E-state index contributed by atoms with van der Waals surface area (Å²) in [4.78, 5) is 23.5. The van der Waals surface area contributed by atoms with Crippen molar-refractivity contribution in [1.29, 1.82) is 0 Å². The molecule has 6 nitrogen and oxygen atoms in total. The van der Waals surface area contributed by atoms with Gasteiger partial charge in [-0.15, -0.1) is 0 Å². The minimum absolute atomic E-state index is 0.0632. The third kappa shape index (κ3) is 5.96. The SMILES string of the molecule is CN(C)C(=O)CNC(=NCc1ccccc1)N1CCN(C2CCCCC2)CC1. The van der Waals surface area contributed by atoms with Gasteiger partial charge >= 0.3 is 0 Å². The molecule has 154 valence electrons. The minimum atomic E-state index is 0.0632. The number of likely N-dealkylation sites (N-methyl/N-ethyl adjacent to an activating group) is 1. The molecule has 0 unspecified atom stereocenters. The number of nitrogens with zero attached hydrogens (tertiary/aromatic N) is 4. The van der Waals surface area contributed by atoms with Gasteiger partial charge in [-0.2, -0.15) is 0 Å². The van der Waals surface area contributed by atoms with Crippen LogP contribution in [0, 0.1) is 0 Å². The number of guanidine groups is 1. The smallest absolute Gasteiger partial charge is 0.241 e. The van der Waals surface area contributed by atoms with Crippen molar-refractivity contribution in [3.8, 4) is 0 Å². The summed E-state index contributed by atoms with van der Waals surface area (Å²) in [5.74, 6) is 0.913. The lowest BCUT2D eigenvalue weighted by Gasteiger charge is -2.41. The summed E-state index contributed by atoms with van der Waals surface area (Å²) in [5.41, 5.74) is 1.18. The Morgan fingerprint density at radius 1 is 1.07 bits per heavy atom. The predicted octanol–water partition coefficient (Wildman–Crippen LogP) is 2.17. The summed E-state index contributed by atoms with van der Waals surface area (Å²) in [7, 11) is 3.57. The van der Waals surface area contributed by atoms with E-state index in [1.54, 1.807) is 19.0 Å². The van der Waals surface area contributed by atoms with Crippen molar-refractivity contribution in [1.82, 2.24) is 20.0 Å². The highest BCUT2D eigenvalue weighted by Crippen LogP contribution is 2.23. The fourth-order valence-corrected chi connectivity index (χ4v) is 4.08. The maximum Gasteiger partial charge on any atom is 0.241 e. The molecule has 0 radical (unpaired) electrons. The quantitative estimate of drug-likeness (QED) is 0.623. The lowest BCUT2D eigenvalue weighted by molar-refractivity contribution is -0.127. The fraction of sp³-hybridized carbons (Fsp3) is 0.636. The summed E-state index contributed by atoms with van der Waals surface area (Å²) in [5, 5.41) is 3.30. The first-order chi connectivity index (χ1) is 13.6. The highest BCUT2D eigenvalue weighted by molar-refractivity contribution is 5.86. The van der Waals surface area contributed by atoms with Crippen molar-refractivity contribution in [2.75, 3.05) is 46.8 Å². The van der Waals surface area contributed by atoms with Crippen LogP contribution in [0.5, 0.6) is 0 Å². The van der Waals surface area contributed by atoms with Crippen LogP contribution >= 0.6 is 0 Å². The van der Waals surface area contributed by atoms with Crippen molar-refractivity contribution >= 4 is 11.9 Å². The molecule has 0 bridgehead atoms. The van der Waals surface area contributed by atoms with Crippen LogP contribution < -0.4 is 5.32 Å². The summed E-state index contributed by atoms with van der Waals surface area (Å²) >= 11 is 0. The average Bonchev–Trinajstić information content (AvgIpc) is 2.75. The number of piperazine rings is 1. The number of aliphatic imine (C=N–C) groups is 1. The molecule has 1 N–H and O–H groups in total. The molecule has 2 aliphatic rings. The summed E-state index contributed by atoms with van der Waals surface area (Å²) in [6.45, 7) is 5.00. The lowest BCUT2D eigenvalue weighted by atomic mass is 9.94. The Kier molecular flexibility index (Phi) is 7.71. The Balaban J connectivity index is 1.60. The van der Waals surface area contributed by atoms with Crippen molar-refractivity contribution in [3.63, 3.8) is 0 Å². The zero-order chi connectivity index (χ0) is 19.8. The first-order valence-electron chi connectivity index (χ1n) is 10.6.